The Bertz CT molecular complexity index is 560. The van der Waals surface area contributed by atoms with Crippen molar-refractivity contribution in [1.82, 2.24) is 0 Å². The summed E-state index contributed by atoms with van der Waals surface area (Å²) in [6.07, 6.45) is 1.82. The number of carbonyl (C=O) groups excluding carboxylic acids is 1. The van der Waals surface area contributed by atoms with Crippen LogP contribution in [0.4, 0.5) is 11.4 Å². The SMILES string of the molecule is NCCCC[C@H](N)C(=O)OCc1cc([N+](=O)[O-])cc([N+](=O)[O-])c1. The first-order valence-corrected chi connectivity index (χ1v) is 6.90. The maximum atomic E-state index is 11.7. The molecular formula is C13H18N4O6. The molecular weight excluding hydrogens is 308 g/mol. The lowest BCUT2D eigenvalue weighted by molar-refractivity contribution is -0.394. The molecule has 10 heteroatoms. The summed E-state index contributed by atoms with van der Waals surface area (Å²) in [5.41, 5.74) is 10.2. The van der Waals surface area contributed by atoms with Gasteiger partial charge in [-0.25, -0.2) is 0 Å². The van der Waals surface area contributed by atoms with Gasteiger partial charge in [0.05, 0.1) is 15.9 Å². The summed E-state index contributed by atoms with van der Waals surface area (Å²) in [4.78, 5) is 31.7. The molecule has 0 fully saturated rings. The summed E-state index contributed by atoms with van der Waals surface area (Å²) in [5, 5.41) is 21.5. The minimum absolute atomic E-state index is 0.147. The highest BCUT2D eigenvalue weighted by molar-refractivity contribution is 5.75. The Kier molecular flexibility index (Phi) is 7.03. The summed E-state index contributed by atoms with van der Waals surface area (Å²) in [6.45, 7) is 0.172. The molecule has 0 saturated heterocycles. The van der Waals surface area contributed by atoms with E-state index in [1.807, 2.05) is 0 Å². The van der Waals surface area contributed by atoms with Gasteiger partial charge in [0, 0.05) is 17.7 Å². The molecule has 1 aromatic carbocycles. The van der Waals surface area contributed by atoms with Crippen LogP contribution in [-0.2, 0) is 16.1 Å². The monoisotopic (exact) mass is 326 g/mol. The maximum Gasteiger partial charge on any atom is 0.323 e. The zero-order valence-electron chi connectivity index (χ0n) is 12.3. The molecule has 0 aliphatic heterocycles. The summed E-state index contributed by atoms with van der Waals surface area (Å²) >= 11 is 0. The topological polar surface area (TPSA) is 165 Å². The van der Waals surface area contributed by atoms with Crippen molar-refractivity contribution >= 4 is 17.3 Å². The first kappa shape index (κ1) is 18.5. The smallest absolute Gasteiger partial charge is 0.323 e. The Morgan fingerprint density at radius 1 is 1.13 bits per heavy atom. The van der Waals surface area contributed by atoms with E-state index >= 15 is 0 Å². The number of carbonyl (C=O) groups is 1. The summed E-state index contributed by atoms with van der Waals surface area (Å²) in [6, 6.07) is 2.24. The van der Waals surface area contributed by atoms with Gasteiger partial charge in [0.2, 0.25) is 0 Å². The van der Waals surface area contributed by atoms with Crippen molar-refractivity contribution in [2.75, 3.05) is 6.54 Å². The standard InChI is InChI=1S/C13H18N4O6/c14-4-2-1-3-12(15)13(18)23-8-9-5-10(16(19)20)7-11(6-9)17(21)22/h5-7,12H,1-4,8,14-15H2/t12-/m0/s1. The zero-order chi connectivity index (χ0) is 17.4. The zero-order valence-corrected chi connectivity index (χ0v) is 12.3. The van der Waals surface area contributed by atoms with E-state index in [0.29, 0.717) is 19.4 Å². The fraction of sp³-hybridized carbons (Fsp3) is 0.462. The molecule has 1 aromatic rings. The highest BCUT2D eigenvalue weighted by Crippen LogP contribution is 2.23. The number of esters is 1. The Hall–Kier alpha value is -2.59. The first-order valence-electron chi connectivity index (χ1n) is 6.90. The lowest BCUT2D eigenvalue weighted by Crippen LogP contribution is -2.32. The maximum absolute atomic E-state index is 11.7. The minimum Gasteiger partial charge on any atom is -0.460 e. The van der Waals surface area contributed by atoms with E-state index in [2.05, 4.69) is 0 Å². The van der Waals surface area contributed by atoms with Crippen molar-refractivity contribution < 1.29 is 19.4 Å². The Balaban J connectivity index is 2.71. The minimum atomic E-state index is -0.824. The third-order valence-electron chi connectivity index (χ3n) is 3.04. The molecule has 4 N–H and O–H groups in total. The van der Waals surface area contributed by atoms with Crippen molar-refractivity contribution in [3.63, 3.8) is 0 Å². The molecule has 126 valence electrons. The van der Waals surface area contributed by atoms with E-state index in [1.165, 1.54) is 0 Å². The number of ether oxygens (including phenoxy) is 1. The van der Waals surface area contributed by atoms with E-state index < -0.39 is 33.2 Å². The molecule has 1 rings (SSSR count). The summed E-state index contributed by atoms with van der Waals surface area (Å²) in [7, 11) is 0. The first-order chi connectivity index (χ1) is 10.8. The predicted molar refractivity (Wildman–Crippen MR) is 80.4 cm³/mol. The van der Waals surface area contributed by atoms with Crippen LogP contribution in [0.2, 0.25) is 0 Å². The molecule has 0 heterocycles. The van der Waals surface area contributed by atoms with Crippen LogP contribution in [-0.4, -0.2) is 28.4 Å². The van der Waals surface area contributed by atoms with Crippen LogP contribution in [0.3, 0.4) is 0 Å². The number of rotatable bonds is 9. The van der Waals surface area contributed by atoms with Gasteiger partial charge < -0.3 is 16.2 Å². The third-order valence-corrected chi connectivity index (χ3v) is 3.04. The van der Waals surface area contributed by atoms with Crippen LogP contribution in [0.25, 0.3) is 0 Å². The lowest BCUT2D eigenvalue weighted by Gasteiger charge is -2.11. The van der Waals surface area contributed by atoms with Gasteiger partial charge in [-0.15, -0.1) is 0 Å². The van der Waals surface area contributed by atoms with Gasteiger partial charge in [-0.05, 0) is 19.4 Å². The molecule has 0 saturated carbocycles. The van der Waals surface area contributed by atoms with Crippen molar-refractivity contribution in [2.24, 2.45) is 11.5 Å². The van der Waals surface area contributed by atoms with E-state index in [4.69, 9.17) is 16.2 Å². The average molecular weight is 326 g/mol. The molecule has 0 aliphatic carbocycles. The van der Waals surface area contributed by atoms with Gasteiger partial charge >= 0.3 is 5.97 Å². The molecule has 0 bridgehead atoms. The second-order valence-electron chi connectivity index (χ2n) is 4.87. The number of unbranched alkanes of at least 4 members (excludes halogenated alkanes) is 1. The molecule has 0 aliphatic rings. The molecule has 0 radical (unpaired) electrons. The Morgan fingerprint density at radius 3 is 2.17 bits per heavy atom. The Morgan fingerprint density at radius 2 is 1.70 bits per heavy atom. The largest absolute Gasteiger partial charge is 0.460 e. The molecule has 0 spiro atoms. The second-order valence-corrected chi connectivity index (χ2v) is 4.87. The van der Waals surface area contributed by atoms with Crippen LogP contribution in [0.15, 0.2) is 18.2 Å². The van der Waals surface area contributed by atoms with E-state index in [-0.39, 0.29) is 12.2 Å². The van der Waals surface area contributed by atoms with E-state index in [1.54, 1.807) is 0 Å². The fourth-order valence-electron chi connectivity index (χ4n) is 1.84. The normalized spacial score (nSPS) is 11.7. The van der Waals surface area contributed by atoms with Crippen molar-refractivity contribution in [1.29, 1.82) is 0 Å². The van der Waals surface area contributed by atoms with Gasteiger partial charge in [-0.1, -0.05) is 6.42 Å². The summed E-state index contributed by atoms with van der Waals surface area (Å²) in [5.74, 6) is -0.670. The van der Waals surface area contributed by atoms with Crippen molar-refractivity contribution in [2.45, 2.75) is 31.9 Å². The van der Waals surface area contributed by atoms with Gasteiger partial charge in [-0.2, -0.15) is 0 Å². The van der Waals surface area contributed by atoms with Crippen LogP contribution in [0.5, 0.6) is 0 Å². The van der Waals surface area contributed by atoms with Crippen LogP contribution in [0.1, 0.15) is 24.8 Å². The van der Waals surface area contributed by atoms with Crippen LogP contribution < -0.4 is 11.5 Å². The number of nitrogens with zero attached hydrogens (tertiary/aromatic N) is 2. The van der Waals surface area contributed by atoms with Gasteiger partial charge in [0.25, 0.3) is 11.4 Å². The van der Waals surface area contributed by atoms with E-state index in [0.717, 1.165) is 24.6 Å². The molecule has 1 atom stereocenters. The number of nitro benzene ring substituents is 2. The molecule has 0 amide bonds. The van der Waals surface area contributed by atoms with Gasteiger partial charge in [0.15, 0.2) is 0 Å². The highest BCUT2D eigenvalue weighted by Gasteiger charge is 2.19. The van der Waals surface area contributed by atoms with Gasteiger partial charge in [-0.3, -0.25) is 25.0 Å². The average Bonchev–Trinajstić information content (AvgIpc) is 2.52. The number of nitrogens with two attached hydrogens (primary N) is 2. The lowest BCUT2D eigenvalue weighted by atomic mass is 10.1. The van der Waals surface area contributed by atoms with Crippen molar-refractivity contribution in [3.05, 3.63) is 44.0 Å². The Labute approximate surface area is 131 Å². The fourth-order valence-corrected chi connectivity index (χ4v) is 1.84. The quantitative estimate of drug-likeness (QED) is 0.293. The summed E-state index contributed by atoms with van der Waals surface area (Å²) < 4.78 is 4.95. The number of hydrogen-bond donors (Lipinski definition) is 2. The number of benzene rings is 1. The molecule has 10 nitrogen and oxygen atoms in total. The number of non-ortho nitro benzene ring substituents is 2. The molecule has 0 unspecified atom stereocenters. The van der Waals surface area contributed by atoms with Crippen molar-refractivity contribution in [3.8, 4) is 0 Å². The highest BCUT2D eigenvalue weighted by atomic mass is 16.6. The predicted octanol–water partition coefficient (Wildman–Crippen LogP) is 1.00. The van der Waals surface area contributed by atoms with Gasteiger partial charge in [0.1, 0.15) is 12.6 Å². The second kappa shape index (κ2) is 8.76. The van der Waals surface area contributed by atoms with Crippen LogP contribution >= 0.6 is 0 Å². The number of hydrogen-bond acceptors (Lipinski definition) is 8. The molecule has 0 aromatic heterocycles. The van der Waals surface area contributed by atoms with Crippen LogP contribution in [0, 0.1) is 20.2 Å². The third kappa shape index (κ3) is 5.96. The number of nitro groups is 2. The van der Waals surface area contributed by atoms with E-state index in [9.17, 15) is 25.0 Å². The molecule has 23 heavy (non-hydrogen) atoms.